The third kappa shape index (κ3) is 2.54. The summed E-state index contributed by atoms with van der Waals surface area (Å²) in [5.41, 5.74) is -0.632. The summed E-state index contributed by atoms with van der Waals surface area (Å²) in [4.78, 5) is 1.99. The molecule has 0 spiro atoms. The lowest BCUT2D eigenvalue weighted by molar-refractivity contribution is -0.0894. The van der Waals surface area contributed by atoms with Crippen LogP contribution in [0.25, 0.3) is 0 Å². The zero-order valence-corrected chi connectivity index (χ0v) is 11.4. The van der Waals surface area contributed by atoms with Gasteiger partial charge in [0.15, 0.2) is 0 Å². The average Bonchev–Trinajstić information content (AvgIpc) is 2.98. The van der Waals surface area contributed by atoms with Crippen molar-refractivity contribution in [2.75, 3.05) is 6.54 Å². The van der Waals surface area contributed by atoms with Gasteiger partial charge >= 0.3 is 6.18 Å². The highest BCUT2D eigenvalue weighted by atomic mass is 79.9. The Morgan fingerprint density at radius 2 is 1.88 bits per heavy atom. The number of halogens is 4. The Morgan fingerprint density at radius 3 is 2.29 bits per heavy atom. The molecular weight excluding hydrogens is 295 g/mol. The summed E-state index contributed by atoms with van der Waals surface area (Å²) in [5, 5.41) is 0. The summed E-state index contributed by atoms with van der Waals surface area (Å²) in [6.45, 7) is 4.51. The summed E-state index contributed by atoms with van der Waals surface area (Å²) < 4.78 is 38.0. The summed E-state index contributed by atoms with van der Waals surface area (Å²) >= 11 is 3.02. The van der Waals surface area contributed by atoms with Crippen molar-refractivity contribution in [3.63, 3.8) is 0 Å². The first kappa shape index (κ1) is 13.0. The van der Waals surface area contributed by atoms with Gasteiger partial charge < -0.3 is 4.90 Å². The Kier molecular flexibility index (Phi) is 3.09. The van der Waals surface area contributed by atoms with Crippen molar-refractivity contribution < 1.29 is 13.2 Å². The van der Waals surface area contributed by atoms with E-state index in [1.54, 1.807) is 6.20 Å². The van der Waals surface area contributed by atoms with Crippen molar-refractivity contribution >= 4 is 15.9 Å². The Labute approximate surface area is 107 Å². The molecule has 1 heterocycles. The van der Waals surface area contributed by atoms with Crippen molar-refractivity contribution in [2.24, 2.45) is 5.92 Å². The predicted molar refractivity (Wildman–Crippen MR) is 64.7 cm³/mol. The lowest BCUT2D eigenvalue weighted by Crippen LogP contribution is -2.44. The molecule has 0 aromatic rings. The zero-order valence-electron chi connectivity index (χ0n) is 9.81. The molecule has 17 heavy (non-hydrogen) atoms. The maximum Gasteiger partial charge on any atom is 0.417 e. The summed E-state index contributed by atoms with van der Waals surface area (Å²) in [5.74, 6) is 0.597. The molecule has 2 rings (SSSR count). The highest BCUT2D eigenvalue weighted by molar-refractivity contribution is 9.12. The molecule has 0 aromatic heterocycles. The lowest BCUT2D eigenvalue weighted by Gasteiger charge is -2.40. The van der Waals surface area contributed by atoms with E-state index in [9.17, 15) is 13.2 Å². The van der Waals surface area contributed by atoms with Gasteiger partial charge in [0.2, 0.25) is 0 Å². The van der Waals surface area contributed by atoms with E-state index in [1.807, 2.05) is 4.90 Å². The number of nitrogens with zero attached hydrogens (tertiary/aromatic N) is 1. The van der Waals surface area contributed by atoms with Gasteiger partial charge in [0, 0.05) is 22.8 Å². The second-order valence-corrected chi connectivity index (χ2v) is 6.03. The van der Waals surface area contributed by atoms with Crippen molar-refractivity contribution in [3.8, 4) is 0 Å². The van der Waals surface area contributed by atoms with Gasteiger partial charge in [-0.25, -0.2) is 0 Å². The molecule has 0 aromatic carbocycles. The number of hydrogen-bond donors (Lipinski definition) is 0. The van der Waals surface area contributed by atoms with E-state index in [4.69, 9.17) is 0 Å². The summed E-state index contributed by atoms with van der Waals surface area (Å²) in [6.07, 6.45) is 0.913. The van der Waals surface area contributed by atoms with Crippen LogP contribution in [-0.2, 0) is 0 Å². The minimum Gasteiger partial charge on any atom is -0.367 e. The van der Waals surface area contributed by atoms with Crippen LogP contribution in [0.1, 0.15) is 26.7 Å². The van der Waals surface area contributed by atoms with Gasteiger partial charge in [-0.05, 0) is 48.5 Å². The van der Waals surface area contributed by atoms with Crippen LogP contribution in [0.4, 0.5) is 13.2 Å². The fourth-order valence-electron chi connectivity index (χ4n) is 2.22. The smallest absolute Gasteiger partial charge is 0.367 e. The predicted octanol–water partition coefficient (Wildman–Crippen LogP) is 4.22. The monoisotopic (exact) mass is 309 g/mol. The van der Waals surface area contributed by atoms with E-state index in [2.05, 4.69) is 29.8 Å². The molecule has 0 unspecified atom stereocenters. The zero-order chi connectivity index (χ0) is 12.8. The Hall–Kier alpha value is -0.450. The van der Waals surface area contributed by atoms with E-state index >= 15 is 0 Å². The molecule has 1 aliphatic carbocycles. The lowest BCUT2D eigenvalue weighted by atomic mass is 9.95. The van der Waals surface area contributed by atoms with Gasteiger partial charge in [0.1, 0.15) is 0 Å². The first-order valence-corrected chi connectivity index (χ1v) is 6.44. The quantitative estimate of drug-likeness (QED) is 0.738. The first-order chi connectivity index (χ1) is 7.73. The van der Waals surface area contributed by atoms with Gasteiger partial charge in [-0.15, -0.1) is 0 Å². The molecule has 2 aliphatic rings. The number of rotatable bonds is 2. The minimum atomic E-state index is -4.27. The van der Waals surface area contributed by atoms with Crippen LogP contribution in [0.2, 0.25) is 0 Å². The minimum absolute atomic E-state index is 0.0628. The molecular formula is C12H15BrF3N. The van der Waals surface area contributed by atoms with Crippen LogP contribution in [0.15, 0.2) is 22.3 Å². The normalized spacial score (nSPS) is 22.4. The largest absolute Gasteiger partial charge is 0.417 e. The van der Waals surface area contributed by atoms with E-state index in [1.165, 1.54) is 18.9 Å². The first-order valence-electron chi connectivity index (χ1n) is 5.64. The highest BCUT2D eigenvalue weighted by Crippen LogP contribution is 2.45. The van der Waals surface area contributed by atoms with Crippen LogP contribution in [0.5, 0.6) is 0 Å². The molecule has 1 fully saturated rings. The van der Waals surface area contributed by atoms with Gasteiger partial charge in [0.25, 0.3) is 0 Å². The molecule has 0 radical (unpaired) electrons. The molecule has 1 saturated carbocycles. The highest BCUT2D eigenvalue weighted by Gasteiger charge is 2.43. The summed E-state index contributed by atoms with van der Waals surface area (Å²) in [7, 11) is 0. The average molecular weight is 310 g/mol. The Bertz CT molecular complexity index is 378. The van der Waals surface area contributed by atoms with Gasteiger partial charge in [-0.3, -0.25) is 0 Å². The fraction of sp³-hybridized carbons (Fsp3) is 0.667. The summed E-state index contributed by atoms with van der Waals surface area (Å²) in [6, 6.07) is 0. The molecule has 0 saturated heterocycles. The van der Waals surface area contributed by atoms with Crippen molar-refractivity contribution in [3.05, 3.63) is 22.3 Å². The fourth-order valence-corrected chi connectivity index (χ4v) is 2.86. The second kappa shape index (κ2) is 4.04. The van der Waals surface area contributed by atoms with Crippen LogP contribution < -0.4 is 0 Å². The third-order valence-electron chi connectivity index (χ3n) is 3.64. The Morgan fingerprint density at radius 1 is 1.29 bits per heavy atom. The Balaban J connectivity index is 2.17. The third-order valence-corrected chi connectivity index (χ3v) is 4.27. The van der Waals surface area contributed by atoms with Crippen molar-refractivity contribution in [2.45, 2.75) is 38.4 Å². The van der Waals surface area contributed by atoms with E-state index in [-0.39, 0.29) is 10.0 Å². The van der Waals surface area contributed by atoms with Crippen LogP contribution >= 0.6 is 15.9 Å². The van der Waals surface area contributed by atoms with Crippen LogP contribution in [-0.4, -0.2) is 23.2 Å². The molecule has 0 N–H and O–H groups in total. The molecule has 1 aliphatic heterocycles. The van der Waals surface area contributed by atoms with Crippen molar-refractivity contribution in [1.82, 2.24) is 4.90 Å². The second-order valence-electron chi connectivity index (χ2n) is 5.17. The van der Waals surface area contributed by atoms with Crippen LogP contribution in [0, 0.1) is 5.92 Å². The standard InChI is InChI=1S/C12H15BrF3N/c1-11(2,8-3-4-8)17-6-5-9(10(13)7-17)12(14,15)16/h5,7-8H,3-4,6H2,1-2H3. The topological polar surface area (TPSA) is 3.24 Å². The van der Waals surface area contributed by atoms with E-state index in [0.717, 1.165) is 0 Å². The number of hydrogen-bond acceptors (Lipinski definition) is 1. The molecule has 96 valence electrons. The SMILES string of the molecule is CC(C)(C1CC1)N1C=C(Br)C(C(F)(F)F)=CC1. The van der Waals surface area contributed by atoms with Gasteiger partial charge in [0.05, 0.1) is 5.57 Å². The van der Waals surface area contributed by atoms with E-state index < -0.39 is 11.7 Å². The molecule has 0 bridgehead atoms. The van der Waals surface area contributed by atoms with Crippen molar-refractivity contribution in [1.29, 1.82) is 0 Å². The number of allylic oxidation sites excluding steroid dienone is 2. The van der Waals surface area contributed by atoms with Crippen LogP contribution in [0.3, 0.4) is 0 Å². The number of alkyl halides is 3. The van der Waals surface area contributed by atoms with Gasteiger partial charge in [-0.1, -0.05) is 6.08 Å². The van der Waals surface area contributed by atoms with E-state index in [0.29, 0.717) is 12.5 Å². The molecule has 0 amide bonds. The molecule has 0 atom stereocenters. The molecule has 5 heteroatoms. The maximum atomic E-state index is 12.6. The van der Waals surface area contributed by atoms with Gasteiger partial charge in [-0.2, -0.15) is 13.2 Å². The maximum absolute atomic E-state index is 12.6. The molecule has 1 nitrogen and oxygen atoms in total.